The number of nitrogens with zero attached hydrogens (tertiary/aromatic N) is 5. The number of benzene rings is 9. The molecule has 0 saturated heterocycles. The molecule has 11 aromatic rings. The third-order valence-electron chi connectivity index (χ3n) is 21.7. The summed E-state index contributed by atoms with van der Waals surface area (Å²) < 4.78 is 157. The summed E-state index contributed by atoms with van der Waals surface area (Å²) >= 11 is 23.3. The van der Waals surface area contributed by atoms with Crippen molar-refractivity contribution in [3.05, 3.63) is 365 Å². The van der Waals surface area contributed by atoms with E-state index in [1.54, 1.807) is 57.5 Å². The number of methoxy groups -OCH3 is 1. The van der Waals surface area contributed by atoms with Crippen LogP contribution in [0.1, 0.15) is 370 Å². The molecule has 9 aromatic carbocycles. The molecule has 0 spiro atoms. The van der Waals surface area contributed by atoms with Crippen LogP contribution >= 0.6 is 46.4 Å². The second kappa shape index (κ2) is 59.9. The van der Waals surface area contributed by atoms with Crippen LogP contribution in [0.4, 0.5) is 52.7 Å². The predicted octanol–water partition coefficient (Wildman–Crippen LogP) is 38.8. The van der Waals surface area contributed by atoms with Crippen molar-refractivity contribution in [2.24, 2.45) is 0 Å². The van der Waals surface area contributed by atoms with E-state index in [0.29, 0.717) is 67.9 Å². The van der Waals surface area contributed by atoms with E-state index in [1.807, 2.05) is 137 Å². The molecule has 0 bridgehead atoms. The first kappa shape index (κ1) is 126. The normalized spacial score (nSPS) is 10.9. The van der Waals surface area contributed by atoms with E-state index >= 15 is 0 Å². The van der Waals surface area contributed by atoms with Crippen LogP contribution in [-0.4, -0.2) is 17.1 Å². The largest absolute Gasteiger partial charge is 0.496 e. The average Bonchev–Trinajstić information content (AvgIpc) is 0.818. The Labute approximate surface area is 825 Å². The van der Waals surface area contributed by atoms with Crippen LogP contribution in [0.5, 0.6) is 5.75 Å². The van der Waals surface area contributed by atoms with Gasteiger partial charge in [-0.1, -0.05) is 309 Å². The quantitative estimate of drug-likeness (QED) is 0.113. The summed E-state index contributed by atoms with van der Waals surface area (Å²) in [6.45, 7) is 60.8. The molecule has 0 aliphatic heterocycles. The SMILES string of the molecule is C.CC(C)c1cc(Cl)c(C#N)cc1F.CC(C)c1ccc(C#N)cc1.CC(C)c1cnc(C#N)c(Cl)c1.COc1cc(C(C)C)ccc1C.Cc1ccc(C(C)C)c(F)c1Cl.Cc1ccc(C(C)C)cc1C.Cc1ccc(C(C)C)cc1C(F)(F)F.Cc1ccc(C(C)C)cc1C(F)(F)F.Cc1ccc(C(C)C)cc1Cl.Cc1ccc(C(C)C)cc1F.Cc1ncc(C(C)C)cc1C(F)(F)F. The van der Waals surface area contributed by atoms with Crippen molar-refractivity contribution < 1.29 is 57.4 Å². The fourth-order valence-corrected chi connectivity index (χ4v) is 12.8. The maximum absolute atomic E-state index is 13.4. The van der Waals surface area contributed by atoms with Crippen molar-refractivity contribution in [3.63, 3.8) is 0 Å². The number of hydrogen-bond acceptors (Lipinski definition) is 6. The zero-order chi connectivity index (χ0) is 104. The molecule has 0 atom stereocenters. The van der Waals surface area contributed by atoms with Gasteiger partial charge in [-0.2, -0.15) is 55.3 Å². The van der Waals surface area contributed by atoms with Gasteiger partial charge in [0.15, 0.2) is 5.69 Å². The number of ether oxygens (including phenoxy) is 1. The summed E-state index contributed by atoms with van der Waals surface area (Å²) in [7, 11) is 1.71. The Morgan fingerprint density at radius 1 is 0.294 bits per heavy atom. The van der Waals surface area contributed by atoms with E-state index in [4.69, 9.17) is 66.9 Å². The van der Waals surface area contributed by atoms with Gasteiger partial charge in [-0.15, -0.1) is 0 Å². The number of aromatic nitrogens is 2. The Hall–Kier alpha value is -10.1. The monoisotopic (exact) mass is 1960 g/mol. The zero-order valence-electron chi connectivity index (χ0n) is 84.4. The van der Waals surface area contributed by atoms with Crippen LogP contribution in [0.15, 0.2) is 182 Å². The van der Waals surface area contributed by atoms with Gasteiger partial charge >= 0.3 is 18.5 Å². The molecule has 0 aliphatic rings. The maximum Gasteiger partial charge on any atom is 0.418 e. The van der Waals surface area contributed by atoms with Gasteiger partial charge in [0.2, 0.25) is 0 Å². The van der Waals surface area contributed by atoms with E-state index in [0.717, 1.165) is 55.3 Å². The minimum absolute atomic E-state index is 0. The summed E-state index contributed by atoms with van der Waals surface area (Å²) in [4.78, 5) is 7.67. The predicted molar refractivity (Wildman–Crippen MR) is 546 cm³/mol. The highest BCUT2D eigenvalue weighted by molar-refractivity contribution is 6.32. The number of pyridine rings is 2. The van der Waals surface area contributed by atoms with Gasteiger partial charge in [-0.3, -0.25) is 4.98 Å². The molecule has 0 saturated carbocycles. The van der Waals surface area contributed by atoms with Crippen LogP contribution in [0.25, 0.3) is 0 Å². The highest BCUT2D eigenvalue weighted by Crippen LogP contribution is 2.38. The first-order valence-corrected chi connectivity index (χ1v) is 46.5. The number of hydrogen-bond donors (Lipinski definition) is 0. The standard InChI is InChI=1S/2C11H13F3.C11H16O.C11H16.C10H9ClFN.C10H12ClF.C10H13Cl.C10H12F3N.C10H13F.C10H11N.C9H9ClN2.CH4/c2*1-7(2)9-5-4-8(3)10(6-9)11(12,13)14;1-8(2)10-6-5-9(3)11(7-10)12-4;1-8(2)11-6-5-9(3)10(4)7-11;1-6(2)8-4-9(11)7(5-13)3-10(8)12;1-6(2)8-5-4-7(3)9(11)10(8)12;1-7(2)9-5-4-8(3)10(11)6-9;1-6(2)8-4-9(10(11,12)13)7(3)14-5-8;1-7(2)9-5-4-8(3)10(11)6-9;1-8(2)10-5-3-9(7-11)4-6-10;1-6(2)7-3-8(10)9(4-11)12-5-7;/h2*4-7H,1-3H3;5-8H,1-4H3;5-8H,1-4H3;3-4,6H,1-2H3;4-6H,1-3H3;4-7H,1-3H3;4-6H,1-3H3;4-7H,1-3H3;3-6,8H,1-2H3;3,5-6H,1-2H3;1H4. The Morgan fingerprint density at radius 2 is 0.640 bits per heavy atom. The van der Waals surface area contributed by atoms with Crippen LogP contribution in [-0.2, 0) is 18.5 Å². The molecule has 11 rings (SSSR count). The van der Waals surface area contributed by atoms with Gasteiger partial charge in [0.1, 0.15) is 35.3 Å². The van der Waals surface area contributed by atoms with Crippen LogP contribution in [0.3, 0.4) is 0 Å². The maximum atomic E-state index is 13.4. The molecule has 6 nitrogen and oxygen atoms in total. The van der Waals surface area contributed by atoms with Gasteiger partial charge in [0, 0.05) is 23.1 Å². The molecule has 0 unspecified atom stereocenters. The van der Waals surface area contributed by atoms with Gasteiger partial charge in [0.25, 0.3) is 0 Å². The lowest BCUT2D eigenvalue weighted by atomic mass is 9.98. The number of aryl methyl sites for hydroxylation is 9. The molecule has 22 heteroatoms. The lowest BCUT2D eigenvalue weighted by Gasteiger charge is -2.13. The van der Waals surface area contributed by atoms with Crippen molar-refractivity contribution >= 4 is 46.4 Å². The average molecular weight is 1970 g/mol. The molecular formula is C114H141Cl4F12N5O. The van der Waals surface area contributed by atoms with Crippen LogP contribution in [0.2, 0.25) is 20.1 Å². The first-order valence-electron chi connectivity index (χ1n) is 44.9. The fourth-order valence-electron chi connectivity index (χ4n) is 12.0. The van der Waals surface area contributed by atoms with Gasteiger partial charge in [0.05, 0.1) is 56.1 Å². The molecule has 136 heavy (non-hydrogen) atoms. The number of alkyl halides is 9. The Kier molecular flexibility index (Phi) is 55.4. The van der Waals surface area contributed by atoms with Crippen molar-refractivity contribution in [3.8, 4) is 24.0 Å². The van der Waals surface area contributed by atoms with E-state index in [1.165, 1.54) is 108 Å². The molecule has 0 fully saturated rings. The summed E-state index contributed by atoms with van der Waals surface area (Å²) in [6.07, 6.45) is -9.60. The summed E-state index contributed by atoms with van der Waals surface area (Å²) in [5.41, 5.74) is 17.5. The zero-order valence-corrected chi connectivity index (χ0v) is 87.4. The minimum Gasteiger partial charge on any atom is -0.496 e. The Morgan fingerprint density at radius 3 is 1.01 bits per heavy atom. The van der Waals surface area contributed by atoms with Crippen molar-refractivity contribution in [2.45, 2.75) is 306 Å². The topological polar surface area (TPSA) is 106 Å². The molecule has 2 heterocycles. The first-order chi connectivity index (χ1) is 62.4. The molecule has 2 aromatic heterocycles. The second-order valence-corrected chi connectivity index (χ2v) is 37.9. The fraction of sp³-hybridized carbons (Fsp3) is 0.412. The van der Waals surface area contributed by atoms with Crippen LogP contribution < -0.4 is 4.74 Å². The summed E-state index contributed by atoms with van der Waals surface area (Å²) in [6, 6.07) is 56.6. The third-order valence-corrected chi connectivity index (χ3v) is 23.1. The molecule has 0 amide bonds. The molecular weight excluding hydrogens is 1830 g/mol. The summed E-state index contributed by atoms with van der Waals surface area (Å²) in [5, 5.41) is 27.5. The number of rotatable bonds is 12. The number of nitriles is 3. The smallest absolute Gasteiger partial charge is 0.418 e. The van der Waals surface area contributed by atoms with E-state index < -0.39 is 35.2 Å². The van der Waals surface area contributed by atoms with Crippen molar-refractivity contribution in [2.75, 3.05) is 7.11 Å². The lowest BCUT2D eigenvalue weighted by Crippen LogP contribution is -2.10. The van der Waals surface area contributed by atoms with Gasteiger partial charge in [-0.05, 0) is 300 Å². The van der Waals surface area contributed by atoms with E-state index in [-0.39, 0.29) is 81.9 Å². The van der Waals surface area contributed by atoms with E-state index in [2.05, 4.69) is 168 Å². The van der Waals surface area contributed by atoms with Crippen molar-refractivity contribution in [1.29, 1.82) is 15.8 Å². The second-order valence-electron chi connectivity index (χ2n) is 36.3. The van der Waals surface area contributed by atoms with Crippen LogP contribution in [0, 0.1) is 114 Å². The Balaban J connectivity index is 0.00000147. The molecule has 740 valence electrons. The Bertz CT molecular complexity index is 5340. The number of halogens is 16. The van der Waals surface area contributed by atoms with Gasteiger partial charge in [-0.25, -0.2) is 18.2 Å². The molecule has 0 aliphatic carbocycles. The third kappa shape index (κ3) is 43.7. The van der Waals surface area contributed by atoms with Crippen molar-refractivity contribution in [1.82, 2.24) is 9.97 Å². The minimum atomic E-state index is -4.30. The highest BCUT2D eigenvalue weighted by Gasteiger charge is 2.35. The van der Waals surface area contributed by atoms with Gasteiger partial charge < -0.3 is 4.74 Å². The highest BCUT2D eigenvalue weighted by atomic mass is 35.5. The lowest BCUT2D eigenvalue weighted by molar-refractivity contribution is -0.139. The molecule has 0 N–H and O–H groups in total. The molecule has 0 radical (unpaired) electrons. The van der Waals surface area contributed by atoms with E-state index in [9.17, 15) is 52.7 Å². The summed E-state index contributed by atoms with van der Waals surface area (Å²) in [5.74, 6) is 3.93.